The fourth-order valence-corrected chi connectivity index (χ4v) is 5.73. The van der Waals surface area contributed by atoms with Gasteiger partial charge in [0.25, 0.3) is 5.91 Å². The smallest absolute Gasteiger partial charge is 0.259 e. The molecule has 0 aromatic heterocycles. The standard InChI is InChI=1S/C35H32N2O3/c1-35(2)21-29-32(31(38)22-35)33(25-17-19-27(20-18-25)40-23-24-11-5-3-6-12-24)37(30-16-10-9-15-28(30)36-29)34(39)26-13-7-4-8-14-26/h3-20,33,36H,21-23H2,1-2H3. The maximum absolute atomic E-state index is 14.3. The third kappa shape index (κ3) is 5.03. The summed E-state index contributed by atoms with van der Waals surface area (Å²) < 4.78 is 6.04. The van der Waals surface area contributed by atoms with Gasteiger partial charge in [-0.3, -0.25) is 14.5 Å². The van der Waals surface area contributed by atoms with E-state index < -0.39 is 6.04 Å². The van der Waals surface area contributed by atoms with Gasteiger partial charge in [0.05, 0.1) is 17.4 Å². The third-order valence-corrected chi connectivity index (χ3v) is 7.58. The van der Waals surface area contributed by atoms with Gasteiger partial charge in [0, 0.05) is 23.3 Å². The topological polar surface area (TPSA) is 58.6 Å². The maximum Gasteiger partial charge on any atom is 0.259 e. The monoisotopic (exact) mass is 528 g/mol. The highest BCUT2D eigenvalue weighted by atomic mass is 16.5. The lowest BCUT2D eigenvalue weighted by molar-refractivity contribution is -0.118. The molecule has 0 bridgehead atoms. The molecule has 2 aliphatic rings. The van der Waals surface area contributed by atoms with Crippen molar-refractivity contribution < 1.29 is 14.3 Å². The average Bonchev–Trinajstić information content (AvgIpc) is 3.11. The van der Waals surface area contributed by atoms with E-state index in [0.717, 1.165) is 33.9 Å². The molecule has 1 heterocycles. The third-order valence-electron chi connectivity index (χ3n) is 7.58. The highest BCUT2D eigenvalue weighted by Gasteiger charge is 2.43. The van der Waals surface area contributed by atoms with Crippen molar-refractivity contribution in [1.82, 2.24) is 0 Å². The van der Waals surface area contributed by atoms with Crippen molar-refractivity contribution in [3.8, 4) is 5.75 Å². The SMILES string of the molecule is CC1(C)CC(=O)C2=C(C1)Nc1ccccc1N(C(=O)c1ccccc1)C2c1ccc(OCc2ccccc2)cc1. The number of carbonyl (C=O) groups excluding carboxylic acids is 2. The summed E-state index contributed by atoms with van der Waals surface area (Å²) in [6, 6.07) is 34.3. The van der Waals surface area contributed by atoms with E-state index in [0.29, 0.717) is 30.6 Å². The molecule has 1 unspecified atom stereocenters. The van der Waals surface area contributed by atoms with Crippen molar-refractivity contribution in [2.24, 2.45) is 5.41 Å². The number of rotatable bonds is 5. The van der Waals surface area contributed by atoms with Crippen molar-refractivity contribution in [3.63, 3.8) is 0 Å². The van der Waals surface area contributed by atoms with Gasteiger partial charge < -0.3 is 10.1 Å². The van der Waals surface area contributed by atoms with E-state index in [1.54, 1.807) is 4.90 Å². The van der Waals surface area contributed by atoms with Crippen LogP contribution in [0.5, 0.6) is 5.75 Å². The molecule has 1 atom stereocenters. The summed E-state index contributed by atoms with van der Waals surface area (Å²) in [4.78, 5) is 30.0. The predicted octanol–water partition coefficient (Wildman–Crippen LogP) is 7.72. The van der Waals surface area contributed by atoms with Crippen molar-refractivity contribution in [1.29, 1.82) is 0 Å². The van der Waals surface area contributed by atoms with Gasteiger partial charge in [0.1, 0.15) is 12.4 Å². The minimum absolute atomic E-state index is 0.0619. The van der Waals surface area contributed by atoms with Gasteiger partial charge in [-0.15, -0.1) is 0 Å². The van der Waals surface area contributed by atoms with Crippen LogP contribution in [0, 0.1) is 5.41 Å². The largest absolute Gasteiger partial charge is 0.489 e. The van der Waals surface area contributed by atoms with Crippen LogP contribution in [0.3, 0.4) is 0 Å². The molecule has 0 saturated carbocycles. The number of para-hydroxylation sites is 2. The normalized spacial score (nSPS) is 17.8. The fourth-order valence-electron chi connectivity index (χ4n) is 5.73. The molecule has 6 rings (SSSR count). The van der Waals surface area contributed by atoms with Crippen LogP contribution >= 0.6 is 0 Å². The van der Waals surface area contributed by atoms with Gasteiger partial charge in [-0.1, -0.05) is 86.6 Å². The number of amides is 1. The Hall–Kier alpha value is -4.64. The summed E-state index contributed by atoms with van der Waals surface area (Å²) in [5.74, 6) is 0.633. The van der Waals surface area contributed by atoms with E-state index in [1.165, 1.54) is 0 Å². The quantitative estimate of drug-likeness (QED) is 0.288. The summed E-state index contributed by atoms with van der Waals surface area (Å²) >= 11 is 0. The van der Waals surface area contributed by atoms with E-state index >= 15 is 0 Å². The van der Waals surface area contributed by atoms with Gasteiger partial charge in [0.2, 0.25) is 0 Å². The molecule has 0 spiro atoms. The Morgan fingerprint density at radius 3 is 2.23 bits per heavy atom. The van der Waals surface area contributed by atoms with Crippen LogP contribution in [-0.2, 0) is 11.4 Å². The predicted molar refractivity (Wildman–Crippen MR) is 158 cm³/mol. The molecule has 0 radical (unpaired) electrons. The number of benzene rings is 4. The molecule has 200 valence electrons. The van der Waals surface area contributed by atoms with Gasteiger partial charge in [-0.05, 0) is 59.4 Å². The van der Waals surface area contributed by atoms with E-state index in [1.807, 2.05) is 109 Å². The van der Waals surface area contributed by atoms with Crippen LogP contribution in [0.2, 0.25) is 0 Å². The lowest BCUT2D eigenvalue weighted by Gasteiger charge is -2.37. The molecule has 0 saturated heterocycles. The van der Waals surface area contributed by atoms with Crippen LogP contribution < -0.4 is 15.0 Å². The Labute approximate surface area is 235 Å². The van der Waals surface area contributed by atoms with Crippen LogP contribution in [0.25, 0.3) is 0 Å². The number of hydrogen-bond donors (Lipinski definition) is 1. The van der Waals surface area contributed by atoms with Crippen LogP contribution in [0.4, 0.5) is 11.4 Å². The summed E-state index contributed by atoms with van der Waals surface area (Å²) in [5, 5.41) is 3.57. The number of carbonyl (C=O) groups is 2. The van der Waals surface area contributed by atoms with Gasteiger partial charge in [0.15, 0.2) is 5.78 Å². The number of Topliss-reactive ketones (excluding diaryl/α,β-unsaturated/α-hetero) is 1. The van der Waals surface area contributed by atoms with Crippen LogP contribution in [0.1, 0.15) is 54.2 Å². The first kappa shape index (κ1) is 25.6. The fraction of sp³-hybridized carbons (Fsp3) is 0.200. The second kappa shape index (κ2) is 10.5. The Kier molecular flexibility index (Phi) is 6.72. The van der Waals surface area contributed by atoms with Gasteiger partial charge >= 0.3 is 0 Å². The zero-order valence-electron chi connectivity index (χ0n) is 22.8. The van der Waals surface area contributed by atoms with E-state index in [-0.39, 0.29) is 17.1 Å². The second-order valence-electron chi connectivity index (χ2n) is 11.3. The number of nitrogens with zero attached hydrogens (tertiary/aromatic N) is 1. The number of allylic oxidation sites excluding steroid dienone is 1. The first-order valence-corrected chi connectivity index (χ1v) is 13.7. The van der Waals surface area contributed by atoms with Crippen LogP contribution in [-0.4, -0.2) is 11.7 Å². The first-order valence-electron chi connectivity index (χ1n) is 13.7. The van der Waals surface area contributed by atoms with Crippen molar-refractivity contribution in [2.45, 2.75) is 39.3 Å². The summed E-state index contributed by atoms with van der Waals surface area (Å²) in [6.07, 6.45) is 1.14. The Balaban J connectivity index is 1.47. The van der Waals surface area contributed by atoms with Crippen molar-refractivity contribution >= 4 is 23.1 Å². The summed E-state index contributed by atoms with van der Waals surface area (Å²) in [5.41, 5.74) is 5.41. The lowest BCUT2D eigenvalue weighted by atomic mass is 9.73. The molecule has 4 aromatic rings. The highest BCUT2D eigenvalue weighted by molar-refractivity contribution is 6.12. The molecule has 0 fully saturated rings. The number of ketones is 1. The van der Waals surface area contributed by atoms with E-state index in [9.17, 15) is 9.59 Å². The number of ether oxygens (including phenoxy) is 1. The van der Waals surface area contributed by atoms with Crippen LogP contribution in [0.15, 0.2) is 120 Å². The first-order chi connectivity index (χ1) is 19.4. The molecule has 5 nitrogen and oxygen atoms in total. The number of hydrogen-bond acceptors (Lipinski definition) is 4. The van der Waals surface area contributed by atoms with Crippen molar-refractivity contribution in [2.75, 3.05) is 10.2 Å². The Morgan fingerprint density at radius 2 is 1.50 bits per heavy atom. The zero-order valence-corrected chi connectivity index (χ0v) is 22.8. The minimum Gasteiger partial charge on any atom is -0.489 e. The number of fused-ring (bicyclic) bond motifs is 1. The van der Waals surface area contributed by atoms with Gasteiger partial charge in [-0.2, -0.15) is 0 Å². The molecule has 1 amide bonds. The number of nitrogens with one attached hydrogen (secondary N) is 1. The highest BCUT2D eigenvalue weighted by Crippen LogP contribution is 2.48. The van der Waals surface area contributed by atoms with E-state index in [2.05, 4.69) is 19.2 Å². The van der Waals surface area contributed by atoms with E-state index in [4.69, 9.17) is 4.74 Å². The molecule has 4 aromatic carbocycles. The van der Waals surface area contributed by atoms with Crippen molar-refractivity contribution in [3.05, 3.63) is 137 Å². The molecule has 1 aliphatic carbocycles. The lowest BCUT2D eigenvalue weighted by Crippen LogP contribution is -2.39. The molecule has 1 aliphatic heterocycles. The molecule has 40 heavy (non-hydrogen) atoms. The Morgan fingerprint density at radius 1 is 0.850 bits per heavy atom. The Bertz CT molecular complexity index is 1570. The molecule has 5 heteroatoms. The number of anilines is 2. The molecular weight excluding hydrogens is 496 g/mol. The molecule has 1 N–H and O–H groups in total. The summed E-state index contributed by atoms with van der Waals surface area (Å²) in [7, 11) is 0. The second-order valence-corrected chi connectivity index (χ2v) is 11.3. The maximum atomic E-state index is 14.3. The minimum atomic E-state index is -0.592. The van der Waals surface area contributed by atoms with Gasteiger partial charge in [-0.25, -0.2) is 0 Å². The average molecular weight is 529 g/mol. The molecular formula is C35H32N2O3. The zero-order chi connectivity index (χ0) is 27.7. The summed E-state index contributed by atoms with van der Waals surface area (Å²) in [6.45, 7) is 4.70.